The number of hydrogen-bond donors (Lipinski definition) is 1. The predicted octanol–water partition coefficient (Wildman–Crippen LogP) is 0.903. The van der Waals surface area contributed by atoms with Crippen molar-refractivity contribution in [2.45, 2.75) is 32.9 Å². The minimum absolute atomic E-state index is 0.133. The molecule has 0 aliphatic carbocycles. The van der Waals surface area contributed by atoms with Crippen LogP contribution in [0.2, 0.25) is 0 Å². The summed E-state index contributed by atoms with van der Waals surface area (Å²) in [5.74, 6) is -0.310. The highest BCUT2D eigenvalue weighted by Gasteiger charge is 2.11. The second-order valence-electron chi connectivity index (χ2n) is 4.90. The summed E-state index contributed by atoms with van der Waals surface area (Å²) in [6.45, 7) is 4.31. The lowest BCUT2D eigenvalue weighted by Gasteiger charge is -2.17. The van der Waals surface area contributed by atoms with E-state index in [4.69, 9.17) is 4.74 Å². The van der Waals surface area contributed by atoms with Crippen LogP contribution in [0.15, 0.2) is 12.4 Å². The third-order valence-electron chi connectivity index (χ3n) is 2.50. The van der Waals surface area contributed by atoms with Gasteiger partial charge in [0.1, 0.15) is 0 Å². The lowest BCUT2D eigenvalue weighted by molar-refractivity contribution is -0.147. The Morgan fingerprint density at radius 2 is 2.20 bits per heavy atom. The first-order chi connectivity index (χ1) is 9.38. The highest BCUT2D eigenvalue weighted by Crippen LogP contribution is 2.01. The van der Waals surface area contributed by atoms with Gasteiger partial charge < -0.3 is 15.0 Å². The molecule has 1 rings (SSSR count). The fourth-order valence-electron chi connectivity index (χ4n) is 1.63. The highest BCUT2D eigenvalue weighted by molar-refractivity contribution is 5.75. The van der Waals surface area contributed by atoms with E-state index in [0.29, 0.717) is 6.54 Å². The summed E-state index contributed by atoms with van der Waals surface area (Å²) >= 11 is 0. The summed E-state index contributed by atoms with van der Waals surface area (Å²) in [6.07, 6.45) is 3.60. The second kappa shape index (κ2) is 7.52. The molecule has 1 aromatic rings. The SMILES string of the molecule is CC(C)OC(=O)CCNC(=O)N(C)Cc1cnn(C)c1. The second-order valence-corrected chi connectivity index (χ2v) is 4.90. The zero-order valence-electron chi connectivity index (χ0n) is 12.4. The lowest BCUT2D eigenvalue weighted by atomic mass is 10.3. The van der Waals surface area contributed by atoms with E-state index in [1.807, 2.05) is 13.2 Å². The van der Waals surface area contributed by atoms with Crippen LogP contribution in [-0.2, 0) is 23.1 Å². The largest absolute Gasteiger partial charge is 0.463 e. The van der Waals surface area contributed by atoms with Crippen molar-refractivity contribution in [1.29, 1.82) is 0 Å². The van der Waals surface area contributed by atoms with Crippen LogP contribution in [0.25, 0.3) is 0 Å². The van der Waals surface area contributed by atoms with E-state index in [1.165, 1.54) is 4.90 Å². The van der Waals surface area contributed by atoms with Crippen molar-refractivity contribution in [1.82, 2.24) is 20.0 Å². The van der Waals surface area contributed by atoms with Gasteiger partial charge in [-0.3, -0.25) is 9.48 Å². The minimum Gasteiger partial charge on any atom is -0.463 e. The first kappa shape index (κ1) is 16.0. The molecule has 20 heavy (non-hydrogen) atoms. The van der Waals surface area contributed by atoms with Crippen LogP contribution in [0, 0.1) is 0 Å². The maximum absolute atomic E-state index is 11.8. The van der Waals surface area contributed by atoms with Crippen molar-refractivity contribution >= 4 is 12.0 Å². The number of ether oxygens (including phenoxy) is 1. The molecule has 0 radical (unpaired) electrons. The van der Waals surface area contributed by atoms with Crippen LogP contribution >= 0.6 is 0 Å². The van der Waals surface area contributed by atoms with Crippen LogP contribution in [0.1, 0.15) is 25.8 Å². The van der Waals surface area contributed by atoms with Crippen molar-refractivity contribution in [3.05, 3.63) is 18.0 Å². The average Bonchev–Trinajstić information content (AvgIpc) is 2.73. The van der Waals surface area contributed by atoms with E-state index >= 15 is 0 Å². The Bertz CT molecular complexity index is 456. The third-order valence-corrected chi connectivity index (χ3v) is 2.50. The summed E-state index contributed by atoms with van der Waals surface area (Å²) in [7, 11) is 3.51. The number of urea groups is 1. The fraction of sp³-hybridized carbons (Fsp3) is 0.615. The maximum Gasteiger partial charge on any atom is 0.317 e. The maximum atomic E-state index is 11.8. The van der Waals surface area contributed by atoms with Crippen LogP contribution < -0.4 is 5.32 Å². The van der Waals surface area contributed by atoms with E-state index in [2.05, 4.69) is 10.4 Å². The van der Waals surface area contributed by atoms with Gasteiger partial charge in [0.2, 0.25) is 0 Å². The fourth-order valence-corrected chi connectivity index (χ4v) is 1.63. The number of hydrogen-bond acceptors (Lipinski definition) is 4. The van der Waals surface area contributed by atoms with Crippen molar-refractivity contribution in [3.63, 3.8) is 0 Å². The first-order valence-electron chi connectivity index (χ1n) is 6.54. The molecular weight excluding hydrogens is 260 g/mol. The van der Waals surface area contributed by atoms with Gasteiger partial charge >= 0.3 is 12.0 Å². The Labute approximate surface area is 118 Å². The predicted molar refractivity (Wildman–Crippen MR) is 73.9 cm³/mol. The molecular formula is C13H22N4O3. The van der Waals surface area contributed by atoms with Gasteiger partial charge in [-0.15, -0.1) is 0 Å². The summed E-state index contributed by atoms with van der Waals surface area (Å²) in [6, 6.07) is -0.230. The van der Waals surface area contributed by atoms with Gasteiger partial charge in [-0.25, -0.2) is 4.79 Å². The number of aromatic nitrogens is 2. The van der Waals surface area contributed by atoms with Crippen molar-refractivity contribution in [2.24, 2.45) is 7.05 Å². The zero-order valence-corrected chi connectivity index (χ0v) is 12.4. The molecule has 0 saturated carbocycles. The monoisotopic (exact) mass is 282 g/mol. The van der Waals surface area contributed by atoms with Crippen LogP contribution in [-0.4, -0.2) is 46.4 Å². The molecule has 0 spiro atoms. The molecule has 0 unspecified atom stereocenters. The average molecular weight is 282 g/mol. The van der Waals surface area contributed by atoms with Gasteiger partial charge in [0, 0.05) is 32.4 Å². The van der Waals surface area contributed by atoms with Gasteiger partial charge in [0.25, 0.3) is 0 Å². The molecule has 0 saturated heterocycles. The molecule has 0 atom stereocenters. The quantitative estimate of drug-likeness (QED) is 0.787. The number of nitrogens with one attached hydrogen (secondary N) is 1. The number of nitrogens with zero attached hydrogens (tertiary/aromatic N) is 3. The Balaban J connectivity index is 2.26. The highest BCUT2D eigenvalue weighted by atomic mass is 16.5. The molecule has 0 bridgehead atoms. The molecule has 112 valence electrons. The van der Waals surface area contributed by atoms with E-state index in [1.54, 1.807) is 31.8 Å². The van der Waals surface area contributed by atoms with E-state index in [9.17, 15) is 9.59 Å². The van der Waals surface area contributed by atoms with Crippen LogP contribution in [0.5, 0.6) is 0 Å². The summed E-state index contributed by atoms with van der Waals surface area (Å²) in [5, 5.41) is 6.71. The number of carbonyl (C=O) groups is 2. The molecule has 0 fully saturated rings. The van der Waals surface area contributed by atoms with Gasteiger partial charge in [-0.1, -0.05) is 0 Å². The van der Waals surface area contributed by atoms with E-state index < -0.39 is 0 Å². The molecule has 1 N–H and O–H groups in total. The lowest BCUT2D eigenvalue weighted by Crippen LogP contribution is -2.37. The molecule has 0 aliphatic rings. The number of aryl methyl sites for hydroxylation is 1. The molecule has 0 aliphatic heterocycles. The zero-order chi connectivity index (χ0) is 15.1. The molecule has 1 aromatic heterocycles. The van der Waals surface area contributed by atoms with Crippen LogP contribution in [0.3, 0.4) is 0 Å². The van der Waals surface area contributed by atoms with Crippen LogP contribution in [0.4, 0.5) is 4.79 Å². The van der Waals surface area contributed by atoms with Crippen molar-refractivity contribution < 1.29 is 14.3 Å². The van der Waals surface area contributed by atoms with Gasteiger partial charge in [0.05, 0.1) is 25.3 Å². The Morgan fingerprint density at radius 1 is 1.50 bits per heavy atom. The normalized spacial score (nSPS) is 10.4. The number of amides is 2. The number of rotatable bonds is 6. The molecule has 0 aromatic carbocycles. The summed E-state index contributed by atoms with van der Waals surface area (Å²) in [4.78, 5) is 24.6. The molecule has 1 heterocycles. The molecule has 2 amide bonds. The number of carbonyl (C=O) groups excluding carboxylic acids is 2. The summed E-state index contributed by atoms with van der Waals surface area (Å²) < 4.78 is 6.66. The van der Waals surface area contributed by atoms with E-state index in [-0.39, 0.29) is 31.1 Å². The molecule has 7 nitrogen and oxygen atoms in total. The summed E-state index contributed by atoms with van der Waals surface area (Å²) in [5.41, 5.74) is 0.948. The van der Waals surface area contributed by atoms with Gasteiger partial charge in [-0.05, 0) is 13.8 Å². The first-order valence-corrected chi connectivity index (χ1v) is 6.54. The van der Waals surface area contributed by atoms with Crippen molar-refractivity contribution in [2.75, 3.05) is 13.6 Å². The molecule has 7 heteroatoms. The number of esters is 1. The van der Waals surface area contributed by atoms with E-state index in [0.717, 1.165) is 5.56 Å². The third kappa shape index (κ3) is 5.73. The Hall–Kier alpha value is -2.05. The van der Waals surface area contributed by atoms with Gasteiger partial charge in [-0.2, -0.15) is 5.10 Å². The smallest absolute Gasteiger partial charge is 0.317 e. The standard InChI is InChI=1S/C13H22N4O3/c1-10(2)20-12(18)5-6-14-13(19)16(3)8-11-7-15-17(4)9-11/h7,9-10H,5-6,8H2,1-4H3,(H,14,19). The van der Waals surface area contributed by atoms with Crippen molar-refractivity contribution in [3.8, 4) is 0 Å². The topological polar surface area (TPSA) is 76.5 Å². The minimum atomic E-state index is -0.310. The Kier molecular flexibility index (Phi) is 6.02. The Morgan fingerprint density at radius 3 is 2.75 bits per heavy atom. The van der Waals surface area contributed by atoms with Gasteiger partial charge in [0.15, 0.2) is 0 Å².